The van der Waals surface area contributed by atoms with Gasteiger partial charge in [0.25, 0.3) is 0 Å². The monoisotopic (exact) mass is 350 g/mol. The Hall–Kier alpha value is -0.590. The van der Waals surface area contributed by atoms with Crippen molar-refractivity contribution in [1.29, 1.82) is 0 Å². The van der Waals surface area contributed by atoms with Gasteiger partial charge in [0.1, 0.15) is 0 Å². The van der Waals surface area contributed by atoms with E-state index in [0.717, 1.165) is 19.3 Å². The molecule has 0 saturated heterocycles. The zero-order chi connectivity index (χ0) is 17.1. The summed E-state index contributed by atoms with van der Waals surface area (Å²) in [5.74, 6) is -2.48. The number of rotatable bonds is 13. The number of amidine groups is 1. The van der Waals surface area contributed by atoms with Crippen molar-refractivity contribution >= 4 is 47.3 Å². The molecule has 1 unspecified atom stereocenters. The van der Waals surface area contributed by atoms with E-state index in [4.69, 9.17) is 5.11 Å². The molecule has 0 amide bonds. The van der Waals surface area contributed by atoms with E-state index in [9.17, 15) is 14.7 Å². The second kappa shape index (κ2) is 12.7. The first-order valence-electron chi connectivity index (χ1n) is 8.82. The van der Waals surface area contributed by atoms with Gasteiger partial charge >= 0.3 is 41.5 Å². The van der Waals surface area contributed by atoms with Crippen molar-refractivity contribution in [3.05, 3.63) is 0 Å². The Morgan fingerprint density at radius 2 is 1.50 bits per heavy atom. The SMILES string of the molecule is CCCCCCCCCCCCC1(C(=O)O)CNC(C(=O)O)=N1.[NaH]. The fraction of sp³-hybridized carbons (Fsp3) is 0.824. The summed E-state index contributed by atoms with van der Waals surface area (Å²) in [5, 5.41) is 20.8. The standard InChI is InChI=1S/C17H30N2O4.Na.H/c1-2-3-4-5-6-7-8-9-10-11-12-17(16(22)23)13-18-14(19-17)15(20)21;;/h2-13H2,1H3,(H,18,19)(H,20,21)(H,22,23);;. The molecule has 0 bridgehead atoms. The average molecular weight is 350 g/mol. The molecular formula is C17H31N2NaO4. The molecule has 24 heavy (non-hydrogen) atoms. The average Bonchev–Trinajstić information content (AvgIpc) is 2.95. The molecule has 0 saturated carbocycles. The van der Waals surface area contributed by atoms with Crippen LogP contribution in [0.2, 0.25) is 0 Å². The Morgan fingerprint density at radius 1 is 1.00 bits per heavy atom. The minimum absolute atomic E-state index is 0. The Kier molecular flexibility index (Phi) is 12.4. The molecule has 0 aromatic carbocycles. The number of carboxylic acid groups (broad SMARTS) is 2. The van der Waals surface area contributed by atoms with Crippen LogP contribution in [0.4, 0.5) is 0 Å². The number of carbonyl (C=O) groups is 2. The Balaban J connectivity index is 0.00000529. The molecule has 1 rings (SSSR count). The quantitative estimate of drug-likeness (QED) is 0.350. The van der Waals surface area contributed by atoms with Gasteiger partial charge < -0.3 is 15.5 Å². The molecule has 134 valence electrons. The van der Waals surface area contributed by atoms with E-state index in [1.165, 1.54) is 44.9 Å². The molecule has 0 radical (unpaired) electrons. The summed E-state index contributed by atoms with van der Waals surface area (Å²) in [5.41, 5.74) is -1.30. The summed E-state index contributed by atoms with van der Waals surface area (Å²) in [6, 6.07) is 0. The molecule has 1 aliphatic rings. The van der Waals surface area contributed by atoms with Crippen LogP contribution in [0.5, 0.6) is 0 Å². The second-order valence-electron chi connectivity index (χ2n) is 6.39. The van der Waals surface area contributed by atoms with Crippen molar-refractivity contribution in [2.45, 2.75) is 83.1 Å². The first-order valence-corrected chi connectivity index (χ1v) is 8.82. The van der Waals surface area contributed by atoms with E-state index in [1.54, 1.807) is 0 Å². The summed E-state index contributed by atoms with van der Waals surface area (Å²) < 4.78 is 0. The number of nitrogens with zero attached hydrogens (tertiary/aromatic N) is 1. The molecule has 6 nitrogen and oxygen atoms in total. The summed E-state index contributed by atoms with van der Waals surface area (Å²) in [7, 11) is 0. The molecule has 0 spiro atoms. The number of hydrogen-bond acceptors (Lipinski definition) is 4. The van der Waals surface area contributed by atoms with Crippen molar-refractivity contribution in [3.8, 4) is 0 Å². The summed E-state index contributed by atoms with van der Waals surface area (Å²) in [6.07, 6.45) is 12.2. The zero-order valence-electron chi connectivity index (χ0n) is 14.1. The summed E-state index contributed by atoms with van der Waals surface area (Å²) >= 11 is 0. The van der Waals surface area contributed by atoms with E-state index in [0.29, 0.717) is 6.42 Å². The van der Waals surface area contributed by atoms with Crippen LogP contribution in [-0.2, 0) is 9.59 Å². The Labute approximate surface area is 166 Å². The summed E-state index contributed by atoms with van der Waals surface area (Å²) in [6.45, 7) is 2.29. The topological polar surface area (TPSA) is 99.0 Å². The third-order valence-corrected chi connectivity index (χ3v) is 4.42. The van der Waals surface area contributed by atoms with Crippen molar-refractivity contribution in [1.82, 2.24) is 5.32 Å². The van der Waals surface area contributed by atoms with Gasteiger partial charge in [-0.05, 0) is 6.42 Å². The van der Waals surface area contributed by atoms with Crippen molar-refractivity contribution in [3.63, 3.8) is 0 Å². The van der Waals surface area contributed by atoms with Crippen LogP contribution in [0.1, 0.15) is 77.6 Å². The second-order valence-corrected chi connectivity index (χ2v) is 6.39. The maximum absolute atomic E-state index is 11.4. The van der Waals surface area contributed by atoms with Crippen LogP contribution in [0.15, 0.2) is 4.99 Å². The molecule has 1 heterocycles. The van der Waals surface area contributed by atoms with Gasteiger partial charge in [-0.25, -0.2) is 14.6 Å². The molecule has 0 aliphatic carbocycles. The molecule has 0 aromatic heterocycles. The third kappa shape index (κ3) is 7.99. The van der Waals surface area contributed by atoms with E-state index in [1.807, 2.05) is 0 Å². The number of aliphatic imine (C=N–C) groups is 1. The normalized spacial score (nSPS) is 19.3. The number of unbranched alkanes of at least 4 members (excludes halogenated alkanes) is 9. The van der Waals surface area contributed by atoms with Gasteiger partial charge in [0.05, 0.1) is 6.54 Å². The number of carboxylic acids is 2. The van der Waals surface area contributed by atoms with Crippen molar-refractivity contribution in [2.75, 3.05) is 6.54 Å². The van der Waals surface area contributed by atoms with Gasteiger partial charge in [0.15, 0.2) is 5.54 Å². The molecular weight excluding hydrogens is 319 g/mol. The fourth-order valence-corrected chi connectivity index (χ4v) is 2.93. The van der Waals surface area contributed by atoms with E-state index in [-0.39, 0.29) is 41.9 Å². The molecule has 3 N–H and O–H groups in total. The third-order valence-electron chi connectivity index (χ3n) is 4.42. The minimum atomic E-state index is -1.30. The van der Waals surface area contributed by atoms with Gasteiger partial charge in [-0.2, -0.15) is 0 Å². The van der Waals surface area contributed by atoms with Gasteiger partial charge in [-0.3, -0.25) is 0 Å². The zero-order valence-corrected chi connectivity index (χ0v) is 14.1. The van der Waals surface area contributed by atoms with Gasteiger partial charge in [-0.15, -0.1) is 0 Å². The molecule has 0 aromatic rings. The Bertz CT molecular complexity index is 429. The molecule has 0 fully saturated rings. The van der Waals surface area contributed by atoms with Gasteiger partial charge in [0, 0.05) is 0 Å². The fourth-order valence-electron chi connectivity index (χ4n) is 2.93. The van der Waals surface area contributed by atoms with E-state index in [2.05, 4.69) is 17.2 Å². The molecule has 7 heteroatoms. The van der Waals surface area contributed by atoms with Crippen LogP contribution in [0.3, 0.4) is 0 Å². The van der Waals surface area contributed by atoms with E-state index >= 15 is 0 Å². The number of hydrogen-bond donors (Lipinski definition) is 3. The van der Waals surface area contributed by atoms with Crippen LogP contribution in [0, 0.1) is 0 Å². The van der Waals surface area contributed by atoms with Crippen LogP contribution < -0.4 is 5.32 Å². The maximum atomic E-state index is 11.4. The van der Waals surface area contributed by atoms with Gasteiger partial charge in [-0.1, -0.05) is 71.1 Å². The van der Waals surface area contributed by atoms with Crippen LogP contribution in [-0.4, -0.2) is 69.6 Å². The van der Waals surface area contributed by atoms with Crippen molar-refractivity contribution < 1.29 is 19.8 Å². The molecule has 1 aliphatic heterocycles. The molecule has 1 atom stereocenters. The number of nitrogens with one attached hydrogen (secondary N) is 1. The van der Waals surface area contributed by atoms with Crippen LogP contribution in [0.25, 0.3) is 0 Å². The number of aliphatic carboxylic acids is 2. The first kappa shape index (κ1) is 23.4. The first-order chi connectivity index (χ1) is 11.0. The summed E-state index contributed by atoms with van der Waals surface area (Å²) in [4.78, 5) is 26.2. The van der Waals surface area contributed by atoms with E-state index < -0.39 is 17.5 Å². The predicted molar refractivity (Wildman–Crippen MR) is 97.1 cm³/mol. The predicted octanol–water partition coefficient (Wildman–Crippen LogP) is 2.56. The van der Waals surface area contributed by atoms with Crippen molar-refractivity contribution in [2.24, 2.45) is 4.99 Å². The van der Waals surface area contributed by atoms with Gasteiger partial charge in [0.2, 0.25) is 5.84 Å². The Morgan fingerprint density at radius 3 is 1.92 bits per heavy atom. The van der Waals surface area contributed by atoms with Crippen LogP contribution >= 0.6 is 0 Å².